The average molecular weight is 452 g/mol. The molecular weight excluding hydrogens is 434 g/mol. The van der Waals surface area contributed by atoms with Crippen molar-refractivity contribution in [3.63, 3.8) is 0 Å². The van der Waals surface area contributed by atoms with Crippen molar-refractivity contribution in [1.29, 1.82) is 0 Å². The maximum Gasteiger partial charge on any atom is 0.335 e. The number of rotatable bonds is 6. The van der Waals surface area contributed by atoms with Crippen molar-refractivity contribution in [2.75, 3.05) is 7.11 Å². The normalized spacial score (nSPS) is 15.0. The minimum Gasteiger partial charge on any atom is -0.497 e. The van der Waals surface area contributed by atoms with E-state index in [0.29, 0.717) is 10.7 Å². The molecule has 1 aromatic heterocycles. The Labute approximate surface area is 186 Å². The van der Waals surface area contributed by atoms with E-state index in [1.165, 1.54) is 16.2 Å². The second kappa shape index (κ2) is 8.79. The summed E-state index contributed by atoms with van der Waals surface area (Å²) in [7, 11) is 1.58. The quantitative estimate of drug-likeness (QED) is 0.508. The Morgan fingerprint density at radius 1 is 1.06 bits per heavy atom. The van der Waals surface area contributed by atoms with Crippen molar-refractivity contribution in [1.82, 2.24) is 4.90 Å². The minimum atomic E-state index is -0.970. The summed E-state index contributed by atoms with van der Waals surface area (Å²) in [5, 5.41) is 10.7. The number of methoxy groups -OCH3 is 1. The third kappa shape index (κ3) is 4.55. The van der Waals surface area contributed by atoms with E-state index in [4.69, 9.17) is 9.84 Å². The molecule has 0 aliphatic carbocycles. The third-order valence-electron chi connectivity index (χ3n) is 4.73. The van der Waals surface area contributed by atoms with Gasteiger partial charge in [-0.2, -0.15) is 0 Å². The summed E-state index contributed by atoms with van der Waals surface area (Å²) in [5.41, 5.74) is 2.87. The van der Waals surface area contributed by atoms with Crippen LogP contribution in [0.25, 0.3) is 17.2 Å². The molecule has 1 N–H and O–H groups in total. The van der Waals surface area contributed by atoms with Gasteiger partial charge in [0.1, 0.15) is 5.75 Å². The number of benzene rings is 2. The van der Waals surface area contributed by atoms with E-state index >= 15 is 0 Å². The number of thiophene rings is 1. The molecule has 2 aromatic carbocycles. The largest absolute Gasteiger partial charge is 0.497 e. The Kier molecular flexibility index (Phi) is 5.92. The van der Waals surface area contributed by atoms with Crippen molar-refractivity contribution in [2.45, 2.75) is 6.54 Å². The van der Waals surface area contributed by atoms with E-state index in [2.05, 4.69) is 0 Å². The molecule has 156 valence electrons. The predicted octanol–water partition coefficient (Wildman–Crippen LogP) is 5.36. The maximum atomic E-state index is 12.8. The van der Waals surface area contributed by atoms with Gasteiger partial charge in [0.2, 0.25) is 0 Å². The Bertz CT molecular complexity index is 1180. The highest BCUT2D eigenvalue weighted by molar-refractivity contribution is 8.18. The summed E-state index contributed by atoms with van der Waals surface area (Å²) in [6, 6.07) is 15.8. The Balaban J connectivity index is 1.49. The number of carbonyl (C=O) groups is 3. The van der Waals surface area contributed by atoms with Crippen molar-refractivity contribution in [3.05, 3.63) is 80.9 Å². The molecule has 31 heavy (non-hydrogen) atoms. The molecule has 1 fully saturated rings. The number of hydrogen-bond donors (Lipinski definition) is 1. The Morgan fingerprint density at radius 2 is 1.77 bits per heavy atom. The first kappa shape index (κ1) is 20.9. The Hall–Kier alpha value is -3.36. The lowest BCUT2D eigenvalue weighted by molar-refractivity contribution is -0.123. The van der Waals surface area contributed by atoms with Crippen molar-refractivity contribution < 1.29 is 24.2 Å². The number of carboxylic acids is 1. The zero-order valence-corrected chi connectivity index (χ0v) is 18.0. The summed E-state index contributed by atoms with van der Waals surface area (Å²) in [5.74, 6) is -0.571. The van der Waals surface area contributed by atoms with E-state index in [-0.39, 0.29) is 23.3 Å². The van der Waals surface area contributed by atoms with Crippen LogP contribution in [0.1, 0.15) is 20.8 Å². The number of carboxylic acid groups (broad SMARTS) is 1. The number of hydrogen-bond acceptors (Lipinski definition) is 6. The molecule has 1 saturated heterocycles. The molecule has 1 aliphatic heterocycles. The number of amides is 2. The lowest BCUT2D eigenvalue weighted by Gasteiger charge is -2.12. The van der Waals surface area contributed by atoms with Crippen LogP contribution in [0.15, 0.2) is 64.9 Å². The van der Waals surface area contributed by atoms with E-state index in [1.807, 2.05) is 23.6 Å². The molecule has 6 nitrogen and oxygen atoms in total. The van der Waals surface area contributed by atoms with E-state index < -0.39 is 5.97 Å². The van der Waals surface area contributed by atoms with Gasteiger partial charge in [-0.3, -0.25) is 14.5 Å². The minimum absolute atomic E-state index is 0.206. The number of nitrogens with zero attached hydrogens (tertiary/aromatic N) is 1. The summed E-state index contributed by atoms with van der Waals surface area (Å²) >= 11 is 2.38. The maximum absolute atomic E-state index is 12.8. The monoisotopic (exact) mass is 451 g/mol. The van der Waals surface area contributed by atoms with Gasteiger partial charge in [-0.1, -0.05) is 24.3 Å². The standard InChI is InChI=1S/C23H17NO5S2/c1-29-18-8-2-14(3-9-18)12-24-21(25)20(31-23(24)28)11-19-10-17(13-30-19)15-4-6-16(7-5-15)22(26)27/h2-11,13H,12H2,1H3,(H,26,27). The zero-order chi connectivity index (χ0) is 22.0. The molecule has 0 bridgehead atoms. The molecule has 0 saturated carbocycles. The molecule has 0 atom stereocenters. The van der Waals surface area contributed by atoms with Gasteiger partial charge < -0.3 is 9.84 Å². The fourth-order valence-electron chi connectivity index (χ4n) is 3.06. The highest BCUT2D eigenvalue weighted by atomic mass is 32.2. The van der Waals surface area contributed by atoms with Crippen LogP contribution in [0.3, 0.4) is 0 Å². The first-order valence-corrected chi connectivity index (χ1v) is 10.9. The van der Waals surface area contributed by atoms with E-state index in [1.54, 1.807) is 49.6 Å². The summed E-state index contributed by atoms with van der Waals surface area (Å²) in [4.78, 5) is 38.6. The van der Waals surface area contributed by atoms with Gasteiger partial charge in [0.05, 0.1) is 24.1 Å². The van der Waals surface area contributed by atoms with Crippen LogP contribution in [0.4, 0.5) is 4.79 Å². The van der Waals surface area contributed by atoms with Crippen molar-refractivity contribution >= 4 is 46.3 Å². The van der Waals surface area contributed by atoms with Crippen LogP contribution < -0.4 is 4.74 Å². The first-order chi connectivity index (χ1) is 14.9. The third-order valence-corrected chi connectivity index (χ3v) is 6.52. The molecule has 2 heterocycles. The smallest absolute Gasteiger partial charge is 0.335 e. The van der Waals surface area contributed by atoms with Gasteiger partial charge in [-0.05, 0) is 70.2 Å². The SMILES string of the molecule is COc1ccc(CN2C(=O)SC(=Cc3cc(-c4ccc(C(=O)O)cc4)cs3)C2=O)cc1. The second-order valence-corrected chi connectivity index (χ2v) is 8.67. The van der Waals surface area contributed by atoms with Crippen LogP contribution >= 0.6 is 23.1 Å². The number of ether oxygens (including phenoxy) is 1. The lowest BCUT2D eigenvalue weighted by Crippen LogP contribution is -2.27. The highest BCUT2D eigenvalue weighted by Crippen LogP contribution is 2.35. The highest BCUT2D eigenvalue weighted by Gasteiger charge is 2.35. The fraction of sp³-hybridized carbons (Fsp3) is 0.0870. The van der Waals surface area contributed by atoms with Crippen LogP contribution in [0, 0.1) is 0 Å². The van der Waals surface area contributed by atoms with Gasteiger partial charge in [-0.25, -0.2) is 4.79 Å². The number of aromatic carboxylic acids is 1. The molecular formula is C23H17NO5S2. The van der Waals surface area contributed by atoms with Crippen LogP contribution in [-0.2, 0) is 11.3 Å². The number of carbonyl (C=O) groups excluding carboxylic acids is 2. The lowest BCUT2D eigenvalue weighted by atomic mass is 10.1. The van der Waals surface area contributed by atoms with Crippen LogP contribution in [0.2, 0.25) is 0 Å². The number of imide groups is 1. The van der Waals surface area contributed by atoms with Gasteiger partial charge >= 0.3 is 5.97 Å². The summed E-state index contributed by atoms with van der Waals surface area (Å²) < 4.78 is 5.13. The van der Waals surface area contributed by atoms with Crippen molar-refractivity contribution in [2.24, 2.45) is 0 Å². The predicted molar refractivity (Wildman–Crippen MR) is 121 cm³/mol. The zero-order valence-electron chi connectivity index (χ0n) is 16.4. The molecule has 0 radical (unpaired) electrons. The van der Waals surface area contributed by atoms with Crippen LogP contribution in [-0.4, -0.2) is 34.2 Å². The molecule has 8 heteroatoms. The van der Waals surface area contributed by atoms with Crippen molar-refractivity contribution in [3.8, 4) is 16.9 Å². The van der Waals surface area contributed by atoms with Gasteiger partial charge in [0.15, 0.2) is 0 Å². The molecule has 0 unspecified atom stereocenters. The van der Waals surface area contributed by atoms with Crippen LogP contribution in [0.5, 0.6) is 5.75 Å². The molecule has 0 spiro atoms. The van der Waals surface area contributed by atoms with Gasteiger partial charge in [-0.15, -0.1) is 11.3 Å². The fourth-order valence-corrected chi connectivity index (χ4v) is 4.82. The number of thioether (sulfide) groups is 1. The summed E-state index contributed by atoms with van der Waals surface area (Å²) in [6.07, 6.45) is 1.72. The summed E-state index contributed by atoms with van der Waals surface area (Å²) in [6.45, 7) is 0.206. The topological polar surface area (TPSA) is 83.9 Å². The van der Waals surface area contributed by atoms with Gasteiger partial charge in [0.25, 0.3) is 11.1 Å². The molecule has 1 aliphatic rings. The average Bonchev–Trinajstić information content (AvgIpc) is 3.35. The first-order valence-electron chi connectivity index (χ1n) is 9.25. The van der Waals surface area contributed by atoms with Gasteiger partial charge in [0, 0.05) is 4.88 Å². The molecule has 2 amide bonds. The van der Waals surface area contributed by atoms with E-state index in [9.17, 15) is 14.4 Å². The molecule has 3 aromatic rings. The second-order valence-electron chi connectivity index (χ2n) is 6.74. The Morgan fingerprint density at radius 3 is 2.42 bits per heavy atom. The van der Waals surface area contributed by atoms with E-state index in [0.717, 1.165) is 33.3 Å². The molecule has 4 rings (SSSR count).